The van der Waals surface area contributed by atoms with Crippen molar-refractivity contribution in [1.82, 2.24) is 14.9 Å². The van der Waals surface area contributed by atoms with E-state index in [1.807, 2.05) is 0 Å². The van der Waals surface area contributed by atoms with Crippen molar-refractivity contribution in [2.75, 3.05) is 0 Å². The van der Waals surface area contributed by atoms with E-state index < -0.39 is 15.8 Å². The first-order valence-electron chi connectivity index (χ1n) is 7.17. The Bertz CT molecular complexity index is 781. The van der Waals surface area contributed by atoms with E-state index in [4.69, 9.17) is 4.74 Å². The standard InChI is InChI=1S/C15H20FN3O3S/c1-9(2)22-14-6-5-12(7-13(14)16)8-17-23(20,21)15-10(3)18-19-11(15)4/h5-7,9,17H,8H2,1-4H3,(H,18,19). The van der Waals surface area contributed by atoms with Gasteiger partial charge in [-0.25, -0.2) is 17.5 Å². The fourth-order valence-electron chi connectivity index (χ4n) is 2.19. The molecule has 8 heteroatoms. The number of sulfonamides is 1. The fraction of sp³-hybridized carbons (Fsp3) is 0.400. The number of nitrogens with zero attached hydrogens (tertiary/aromatic N) is 1. The van der Waals surface area contributed by atoms with Gasteiger partial charge < -0.3 is 4.74 Å². The van der Waals surface area contributed by atoms with Crippen LogP contribution in [-0.4, -0.2) is 24.7 Å². The third-order valence-corrected chi connectivity index (χ3v) is 4.82. The molecule has 0 amide bonds. The quantitative estimate of drug-likeness (QED) is 0.845. The number of H-pyrrole nitrogens is 1. The number of halogens is 1. The predicted octanol–water partition coefficient (Wildman–Crippen LogP) is 2.43. The van der Waals surface area contributed by atoms with E-state index in [1.165, 1.54) is 12.1 Å². The molecule has 0 saturated heterocycles. The molecule has 0 bridgehead atoms. The highest BCUT2D eigenvalue weighted by atomic mass is 32.2. The summed E-state index contributed by atoms with van der Waals surface area (Å²) in [5.74, 6) is -0.376. The summed E-state index contributed by atoms with van der Waals surface area (Å²) in [5, 5.41) is 6.50. The Morgan fingerprint density at radius 1 is 1.35 bits per heavy atom. The van der Waals surface area contributed by atoms with Gasteiger partial charge in [-0.2, -0.15) is 5.10 Å². The highest BCUT2D eigenvalue weighted by Crippen LogP contribution is 2.21. The van der Waals surface area contributed by atoms with Crippen molar-refractivity contribution in [1.29, 1.82) is 0 Å². The van der Waals surface area contributed by atoms with Crippen molar-refractivity contribution >= 4 is 10.0 Å². The van der Waals surface area contributed by atoms with E-state index >= 15 is 0 Å². The van der Waals surface area contributed by atoms with Gasteiger partial charge in [0.2, 0.25) is 10.0 Å². The predicted molar refractivity (Wildman–Crippen MR) is 84.3 cm³/mol. The summed E-state index contributed by atoms with van der Waals surface area (Å²) in [6.07, 6.45) is -0.138. The Hall–Kier alpha value is -1.93. The van der Waals surface area contributed by atoms with Crippen LogP contribution in [0.3, 0.4) is 0 Å². The van der Waals surface area contributed by atoms with Crippen LogP contribution in [0.15, 0.2) is 23.1 Å². The minimum Gasteiger partial charge on any atom is -0.488 e. The first-order valence-corrected chi connectivity index (χ1v) is 8.65. The smallest absolute Gasteiger partial charge is 0.244 e. The maximum Gasteiger partial charge on any atom is 0.244 e. The van der Waals surface area contributed by atoms with Crippen LogP contribution < -0.4 is 9.46 Å². The van der Waals surface area contributed by atoms with Crippen LogP contribution in [0.2, 0.25) is 0 Å². The fourth-order valence-corrected chi connectivity index (χ4v) is 3.58. The van der Waals surface area contributed by atoms with Gasteiger partial charge in [0.1, 0.15) is 4.90 Å². The Balaban J connectivity index is 2.13. The van der Waals surface area contributed by atoms with Gasteiger partial charge in [-0.05, 0) is 45.4 Å². The lowest BCUT2D eigenvalue weighted by Crippen LogP contribution is -2.24. The molecule has 23 heavy (non-hydrogen) atoms. The van der Waals surface area contributed by atoms with Gasteiger partial charge in [0.05, 0.1) is 17.5 Å². The van der Waals surface area contributed by atoms with Gasteiger partial charge in [-0.15, -0.1) is 0 Å². The van der Waals surface area contributed by atoms with Crippen LogP contribution in [0.5, 0.6) is 5.75 Å². The van der Waals surface area contributed by atoms with Crippen LogP contribution in [0.1, 0.15) is 30.8 Å². The average molecular weight is 341 g/mol. The second-order valence-electron chi connectivity index (χ2n) is 5.52. The molecule has 0 aliphatic heterocycles. The molecule has 126 valence electrons. The first-order chi connectivity index (χ1) is 10.7. The normalized spacial score (nSPS) is 11.9. The third kappa shape index (κ3) is 4.08. The summed E-state index contributed by atoms with van der Waals surface area (Å²) in [6, 6.07) is 4.38. The molecule has 1 heterocycles. The molecular weight excluding hydrogens is 321 g/mol. The summed E-state index contributed by atoms with van der Waals surface area (Å²) in [6.45, 7) is 6.82. The molecule has 0 fully saturated rings. The van der Waals surface area contributed by atoms with E-state index in [1.54, 1.807) is 33.8 Å². The van der Waals surface area contributed by atoms with Crippen LogP contribution in [0.25, 0.3) is 0 Å². The zero-order valence-corrected chi connectivity index (χ0v) is 14.3. The van der Waals surface area contributed by atoms with E-state index in [0.717, 1.165) is 0 Å². The van der Waals surface area contributed by atoms with Crippen LogP contribution in [-0.2, 0) is 16.6 Å². The van der Waals surface area contributed by atoms with Gasteiger partial charge in [-0.1, -0.05) is 6.07 Å². The van der Waals surface area contributed by atoms with E-state index in [0.29, 0.717) is 17.0 Å². The highest BCUT2D eigenvalue weighted by molar-refractivity contribution is 7.89. The van der Waals surface area contributed by atoms with Gasteiger partial charge >= 0.3 is 0 Å². The molecule has 1 aromatic heterocycles. The average Bonchev–Trinajstić information content (AvgIpc) is 2.79. The summed E-state index contributed by atoms with van der Waals surface area (Å²) < 4.78 is 46.3. The zero-order valence-electron chi connectivity index (χ0n) is 13.5. The minimum atomic E-state index is -3.72. The Labute approximate surface area is 135 Å². The van der Waals surface area contributed by atoms with Crippen LogP contribution in [0.4, 0.5) is 4.39 Å². The number of nitrogens with one attached hydrogen (secondary N) is 2. The molecule has 2 N–H and O–H groups in total. The van der Waals surface area contributed by atoms with E-state index in [9.17, 15) is 12.8 Å². The first kappa shape index (κ1) is 17.4. The highest BCUT2D eigenvalue weighted by Gasteiger charge is 2.22. The maximum absolute atomic E-state index is 13.9. The molecule has 2 rings (SSSR count). The summed E-state index contributed by atoms with van der Waals surface area (Å²) in [4.78, 5) is 0.123. The number of hydrogen-bond donors (Lipinski definition) is 2. The number of benzene rings is 1. The lowest BCUT2D eigenvalue weighted by atomic mass is 10.2. The molecule has 0 radical (unpaired) electrons. The molecule has 0 atom stereocenters. The maximum atomic E-state index is 13.9. The van der Waals surface area contributed by atoms with Crippen molar-refractivity contribution in [3.63, 3.8) is 0 Å². The number of ether oxygens (including phenoxy) is 1. The van der Waals surface area contributed by atoms with E-state index in [2.05, 4.69) is 14.9 Å². The van der Waals surface area contributed by atoms with Gasteiger partial charge in [0, 0.05) is 6.54 Å². The zero-order chi connectivity index (χ0) is 17.2. The number of aromatic nitrogens is 2. The number of hydrogen-bond acceptors (Lipinski definition) is 4. The van der Waals surface area contributed by atoms with Crippen molar-refractivity contribution in [2.24, 2.45) is 0 Å². The molecule has 6 nitrogen and oxygen atoms in total. The summed E-state index contributed by atoms with van der Waals surface area (Å²) >= 11 is 0. The van der Waals surface area contributed by atoms with Gasteiger partial charge in [-0.3, -0.25) is 5.10 Å². The minimum absolute atomic E-state index is 0.0225. The molecular formula is C15H20FN3O3S. The van der Waals surface area contributed by atoms with Crippen molar-refractivity contribution in [3.8, 4) is 5.75 Å². The monoisotopic (exact) mass is 341 g/mol. The lowest BCUT2D eigenvalue weighted by molar-refractivity contribution is 0.231. The Morgan fingerprint density at radius 2 is 2.04 bits per heavy atom. The molecule has 0 saturated carbocycles. The van der Waals surface area contributed by atoms with Crippen molar-refractivity contribution in [3.05, 3.63) is 41.0 Å². The topological polar surface area (TPSA) is 84.1 Å². The molecule has 1 aromatic carbocycles. The number of rotatable bonds is 6. The molecule has 0 aliphatic rings. The molecule has 0 unspecified atom stereocenters. The van der Waals surface area contributed by atoms with Gasteiger partial charge in [0.15, 0.2) is 11.6 Å². The summed E-state index contributed by atoms with van der Waals surface area (Å²) in [5.41, 5.74) is 1.35. The van der Waals surface area contributed by atoms with E-state index in [-0.39, 0.29) is 23.3 Å². The number of aryl methyl sites for hydroxylation is 2. The SMILES string of the molecule is Cc1n[nH]c(C)c1S(=O)(=O)NCc1ccc(OC(C)C)c(F)c1. The summed E-state index contributed by atoms with van der Waals surface area (Å²) in [7, 11) is -3.72. The second kappa shape index (κ2) is 6.67. The molecule has 0 spiro atoms. The number of aromatic amines is 1. The molecule has 0 aliphatic carbocycles. The van der Waals surface area contributed by atoms with Crippen LogP contribution >= 0.6 is 0 Å². The Kier molecular flexibility index (Phi) is 5.06. The van der Waals surface area contributed by atoms with Crippen molar-refractivity contribution in [2.45, 2.75) is 45.2 Å². The largest absolute Gasteiger partial charge is 0.488 e. The van der Waals surface area contributed by atoms with Crippen LogP contribution in [0, 0.1) is 19.7 Å². The third-order valence-electron chi connectivity index (χ3n) is 3.15. The van der Waals surface area contributed by atoms with Gasteiger partial charge in [0.25, 0.3) is 0 Å². The molecule has 2 aromatic rings. The Morgan fingerprint density at radius 3 is 2.57 bits per heavy atom. The lowest BCUT2D eigenvalue weighted by Gasteiger charge is -2.12. The second-order valence-corrected chi connectivity index (χ2v) is 7.22. The van der Waals surface area contributed by atoms with Crippen molar-refractivity contribution < 1.29 is 17.5 Å².